The molecule has 4 rings (SSSR count). The van der Waals surface area contributed by atoms with Gasteiger partial charge in [-0.25, -0.2) is 14.4 Å². The summed E-state index contributed by atoms with van der Waals surface area (Å²) in [4.78, 5) is 24.6. The molecule has 1 aliphatic rings. The number of amides is 1. The second-order valence-electron chi connectivity index (χ2n) is 8.37. The summed E-state index contributed by atoms with van der Waals surface area (Å²) in [5, 5.41) is 3.81. The van der Waals surface area contributed by atoms with Gasteiger partial charge in [0.1, 0.15) is 17.3 Å². The number of thiazole rings is 1. The number of halogens is 4. The minimum atomic E-state index is -4.44. The number of hydrogen-bond donors (Lipinski definition) is 1. The van der Waals surface area contributed by atoms with Gasteiger partial charge in [-0.3, -0.25) is 4.79 Å². The van der Waals surface area contributed by atoms with Gasteiger partial charge in [0.15, 0.2) is 0 Å². The molecule has 1 saturated heterocycles. The third-order valence-electron chi connectivity index (χ3n) is 5.91. The number of nitrogens with zero attached hydrogens (tertiary/aromatic N) is 3. The maximum absolute atomic E-state index is 13.7. The van der Waals surface area contributed by atoms with Gasteiger partial charge in [-0.15, -0.1) is 11.3 Å². The van der Waals surface area contributed by atoms with Crippen LogP contribution in [0.1, 0.15) is 47.2 Å². The first-order valence-corrected chi connectivity index (χ1v) is 11.8. The molecule has 3 aromatic rings. The third-order valence-corrected chi connectivity index (χ3v) is 6.93. The van der Waals surface area contributed by atoms with Gasteiger partial charge >= 0.3 is 6.18 Å². The number of rotatable bonds is 5. The van der Waals surface area contributed by atoms with E-state index < -0.39 is 11.7 Å². The van der Waals surface area contributed by atoms with Crippen molar-refractivity contribution in [2.24, 2.45) is 0 Å². The minimum Gasteiger partial charge on any atom is -0.368 e. The highest BCUT2D eigenvalue weighted by Crippen LogP contribution is 2.34. The van der Waals surface area contributed by atoms with Crippen LogP contribution in [0.2, 0.25) is 0 Å². The van der Waals surface area contributed by atoms with Crippen LogP contribution in [0.15, 0.2) is 42.6 Å². The topological polar surface area (TPSA) is 58.1 Å². The molecule has 1 aromatic carbocycles. The Morgan fingerprint density at radius 1 is 1.18 bits per heavy atom. The average Bonchev–Trinajstić information content (AvgIpc) is 3.19. The Morgan fingerprint density at radius 3 is 2.56 bits per heavy atom. The van der Waals surface area contributed by atoms with Crippen molar-refractivity contribution in [3.8, 4) is 10.4 Å². The van der Waals surface area contributed by atoms with Crippen molar-refractivity contribution in [1.82, 2.24) is 14.9 Å². The smallest absolute Gasteiger partial charge is 0.368 e. The van der Waals surface area contributed by atoms with Crippen LogP contribution in [0.5, 0.6) is 0 Å². The number of carbonyl (C=O) groups excluding carboxylic acids is 1. The van der Waals surface area contributed by atoms with Gasteiger partial charge in [0, 0.05) is 24.8 Å². The summed E-state index contributed by atoms with van der Waals surface area (Å²) >= 11 is 1.38. The van der Waals surface area contributed by atoms with Crippen LogP contribution in [-0.4, -0.2) is 39.4 Å². The van der Waals surface area contributed by atoms with Crippen molar-refractivity contribution in [3.05, 3.63) is 64.7 Å². The largest absolute Gasteiger partial charge is 0.417 e. The van der Waals surface area contributed by atoms with Gasteiger partial charge in [-0.05, 0) is 62.9 Å². The highest BCUT2D eigenvalue weighted by atomic mass is 32.1. The number of anilines is 1. The van der Waals surface area contributed by atoms with E-state index in [0.29, 0.717) is 22.9 Å². The summed E-state index contributed by atoms with van der Waals surface area (Å²) in [7, 11) is 0. The molecule has 5 nitrogen and oxygen atoms in total. The first-order valence-electron chi connectivity index (χ1n) is 11.0. The van der Waals surface area contributed by atoms with Crippen molar-refractivity contribution in [2.75, 3.05) is 11.9 Å². The Kier molecular flexibility index (Phi) is 6.88. The molecule has 2 aromatic heterocycles. The van der Waals surface area contributed by atoms with Gasteiger partial charge in [0.2, 0.25) is 0 Å². The fourth-order valence-electron chi connectivity index (χ4n) is 4.23. The first kappa shape index (κ1) is 24.1. The van der Waals surface area contributed by atoms with Crippen LogP contribution in [0.25, 0.3) is 10.4 Å². The van der Waals surface area contributed by atoms with Crippen molar-refractivity contribution >= 4 is 23.1 Å². The zero-order valence-corrected chi connectivity index (χ0v) is 19.5. The molecule has 0 aliphatic carbocycles. The highest BCUT2D eigenvalue weighted by molar-refractivity contribution is 7.15. The number of alkyl halides is 3. The van der Waals surface area contributed by atoms with Crippen LogP contribution in [0, 0.1) is 12.7 Å². The summed E-state index contributed by atoms with van der Waals surface area (Å²) in [6.45, 7) is 4.16. The number of aryl methyl sites for hydroxylation is 1. The molecular formula is C24H24F4N4OS. The summed E-state index contributed by atoms with van der Waals surface area (Å²) < 4.78 is 51.8. The summed E-state index contributed by atoms with van der Waals surface area (Å²) in [6, 6.07) is 8.03. The highest BCUT2D eigenvalue weighted by Gasteiger charge is 2.35. The Hall–Kier alpha value is -3.01. The second-order valence-corrected chi connectivity index (χ2v) is 9.58. The Labute approximate surface area is 198 Å². The number of hydrogen-bond acceptors (Lipinski definition) is 5. The Morgan fingerprint density at radius 2 is 1.91 bits per heavy atom. The fourth-order valence-corrected chi connectivity index (χ4v) is 5.15. The molecule has 1 N–H and O–H groups in total. The predicted octanol–water partition coefficient (Wildman–Crippen LogP) is 6.17. The number of aromatic nitrogens is 2. The number of pyridine rings is 1. The second kappa shape index (κ2) is 9.69. The Balaban J connectivity index is 1.55. The SMILES string of the molecule is Cc1nc(C(=O)N2[C@H](CNc3ccc(C(F)(F)F)cn3)CCC[C@@H]2C)c(-c2ccc(F)cc2)s1. The van der Waals surface area contributed by atoms with Crippen LogP contribution in [0.4, 0.5) is 23.4 Å². The lowest BCUT2D eigenvalue weighted by molar-refractivity contribution is -0.137. The van der Waals surface area contributed by atoms with Gasteiger partial charge in [0.05, 0.1) is 15.4 Å². The molecule has 0 radical (unpaired) electrons. The molecular weight excluding hydrogens is 468 g/mol. The van der Waals surface area contributed by atoms with E-state index in [-0.39, 0.29) is 23.8 Å². The Bertz CT molecular complexity index is 1150. The molecule has 34 heavy (non-hydrogen) atoms. The van der Waals surface area contributed by atoms with Crippen LogP contribution < -0.4 is 5.32 Å². The van der Waals surface area contributed by atoms with E-state index in [1.165, 1.54) is 29.5 Å². The zero-order valence-electron chi connectivity index (χ0n) is 18.7. The van der Waals surface area contributed by atoms with E-state index in [1.807, 2.05) is 18.7 Å². The van der Waals surface area contributed by atoms with Crippen molar-refractivity contribution in [1.29, 1.82) is 0 Å². The number of carbonyl (C=O) groups is 1. The molecule has 1 aliphatic heterocycles. The van der Waals surface area contributed by atoms with E-state index in [0.717, 1.165) is 42.1 Å². The molecule has 0 bridgehead atoms. The third kappa shape index (κ3) is 5.22. The normalized spacial score (nSPS) is 18.7. The molecule has 180 valence electrons. The molecule has 10 heteroatoms. The van der Waals surface area contributed by atoms with Gasteiger partial charge in [-0.1, -0.05) is 12.1 Å². The quantitative estimate of drug-likeness (QED) is 0.433. The summed E-state index contributed by atoms with van der Waals surface area (Å²) in [6.07, 6.45) is -1.13. The van der Waals surface area contributed by atoms with E-state index in [1.54, 1.807) is 12.1 Å². The van der Waals surface area contributed by atoms with Crippen molar-refractivity contribution in [2.45, 2.75) is 51.4 Å². The number of piperidine rings is 1. The predicted molar refractivity (Wildman–Crippen MR) is 123 cm³/mol. The van der Waals surface area contributed by atoms with E-state index >= 15 is 0 Å². The molecule has 0 unspecified atom stereocenters. The molecule has 0 saturated carbocycles. The van der Waals surface area contributed by atoms with Gasteiger partial charge < -0.3 is 10.2 Å². The number of benzene rings is 1. The molecule has 2 atom stereocenters. The first-order chi connectivity index (χ1) is 16.1. The zero-order chi connectivity index (χ0) is 24.5. The van der Waals surface area contributed by atoms with Gasteiger partial charge in [-0.2, -0.15) is 13.2 Å². The van der Waals surface area contributed by atoms with Gasteiger partial charge in [0.25, 0.3) is 5.91 Å². The number of likely N-dealkylation sites (tertiary alicyclic amines) is 1. The van der Waals surface area contributed by atoms with E-state index in [2.05, 4.69) is 15.3 Å². The standard InChI is InChI=1S/C24H24F4N4OS/c1-14-4-3-5-19(13-30-20-11-8-17(12-29-20)24(26,27)28)32(14)23(33)21-22(34-15(2)31-21)16-6-9-18(25)10-7-16/h6-12,14,19H,3-5,13H2,1-2H3,(H,29,30)/t14-,19-/m0/s1. The van der Waals surface area contributed by atoms with Crippen molar-refractivity contribution < 1.29 is 22.4 Å². The summed E-state index contributed by atoms with van der Waals surface area (Å²) in [5.41, 5.74) is 0.248. The lowest BCUT2D eigenvalue weighted by Crippen LogP contribution is -2.51. The van der Waals surface area contributed by atoms with E-state index in [9.17, 15) is 22.4 Å². The average molecular weight is 493 g/mol. The summed E-state index contributed by atoms with van der Waals surface area (Å²) in [5.74, 6) is -0.247. The van der Waals surface area contributed by atoms with E-state index in [4.69, 9.17) is 0 Å². The molecule has 1 amide bonds. The van der Waals surface area contributed by atoms with Crippen LogP contribution in [0.3, 0.4) is 0 Å². The molecule has 3 heterocycles. The molecule has 1 fully saturated rings. The maximum Gasteiger partial charge on any atom is 0.417 e. The lowest BCUT2D eigenvalue weighted by atomic mass is 9.95. The van der Waals surface area contributed by atoms with Crippen LogP contribution >= 0.6 is 11.3 Å². The van der Waals surface area contributed by atoms with Crippen LogP contribution in [-0.2, 0) is 6.18 Å². The maximum atomic E-state index is 13.7. The molecule has 0 spiro atoms. The monoisotopic (exact) mass is 492 g/mol. The fraction of sp³-hybridized carbons (Fsp3) is 0.375. The lowest BCUT2D eigenvalue weighted by Gasteiger charge is -2.40. The number of nitrogens with one attached hydrogen (secondary N) is 1. The minimum absolute atomic E-state index is 0.0308. The van der Waals surface area contributed by atoms with Crippen molar-refractivity contribution in [3.63, 3.8) is 0 Å².